The monoisotopic (exact) mass is 462 g/mol. The summed E-state index contributed by atoms with van der Waals surface area (Å²) in [5.74, 6) is -2.23. The zero-order chi connectivity index (χ0) is 20.4. The second-order valence-electron chi connectivity index (χ2n) is 5.94. The molecule has 1 saturated heterocycles. The van der Waals surface area contributed by atoms with Crippen LogP contribution in [0.15, 0.2) is 15.6 Å². The van der Waals surface area contributed by atoms with Crippen LogP contribution in [-0.4, -0.2) is 72.6 Å². The Morgan fingerprint density at radius 1 is 1.39 bits per heavy atom. The molecule has 13 heteroatoms. The van der Waals surface area contributed by atoms with E-state index in [1.54, 1.807) is 0 Å². The van der Waals surface area contributed by atoms with Gasteiger partial charge in [0.05, 0.1) is 12.3 Å². The number of carboxylic acid groups (broad SMARTS) is 1. The summed E-state index contributed by atoms with van der Waals surface area (Å²) < 4.78 is 0.728. The van der Waals surface area contributed by atoms with Crippen molar-refractivity contribution < 1.29 is 24.3 Å². The number of fused-ring (bicyclic) bond motifs is 1. The number of hydrogen-bond donors (Lipinski definition) is 2. The van der Waals surface area contributed by atoms with E-state index in [-0.39, 0.29) is 11.6 Å². The fourth-order valence-electron chi connectivity index (χ4n) is 2.73. The highest BCUT2D eigenvalue weighted by Crippen LogP contribution is 2.41. The van der Waals surface area contributed by atoms with Gasteiger partial charge in [0, 0.05) is 11.5 Å². The topological polar surface area (TPSA) is 130 Å². The highest BCUT2D eigenvalue weighted by atomic mass is 35.5. The van der Waals surface area contributed by atoms with Gasteiger partial charge in [-0.15, -0.1) is 33.6 Å². The van der Waals surface area contributed by atoms with E-state index >= 15 is 0 Å². The number of aromatic nitrogens is 2. The Balaban J connectivity index is 1.69. The van der Waals surface area contributed by atoms with Crippen molar-refractivity contribution in [3.63, 3.8) is 0 Å². The van der Waals surface area contributed by atoms with Crippen molar-refractivity contribution in [1.82, 2.24) is 20.4 Å². The Hall–Kier alpha value is -1.63. The van der Waals surface area contributed by atoms with Gasteiger partial charge < -0.3 is 10.4 Å². The lowest BCUT2D eigenvalue weighted by molar-refractivity contribution is -0.150. The molecule has 28 heavy (non-hydrogen) atoms. The second kappa shape index (κ2) is 8.80. The highest BCUT2D eigenvalue weighted by Gasteiger charge is 2.54. The number of carbonyl (C=O) groups excluding carboxylic acids is 3. The van der Waals surface area contributed by atoms with E-state index in [1.807, 2.05) is 6.92 Å². The van der Waals surface area contributed by atoms with Gasteiger partial charge in [0.1, 0.15) is 22.1 Å². The number of aryl methyl sites for hydroxylation is 1. The van der Waals surface area contributed by atoms with Gasteiger partial charge in [-0.2, -0.15) is 0 Å². The minimum absolute atomic E-state index is 0.0511. The van der Waals surface area contributed by atoms with E-state index in [2.05, 4.69) is 15.5 Å². The first-order valence-electron chi connectivity index (χ1n) is 8.01. The fraction of sp³-hybridized carbons (Fsp3) is 0.467. The van der Waals surface area contributed by atoms with Crippen molar-refractivity contribution in [3.8, 4) is 0 Å². The molecule has 2 aliphatic heterocycles. The predicted octanol–water partition coefficient (Wildman–Crippen LogP) is 0.875. The van der Waals surface area contributed by atoms with Crippen LogP contribution in [0.2, 0.25) is 0 Å². The number of β-lactam (4-membered cyclic amide) rings is 1. The van der Waals surface area contributed by atoms with Crippen LogP contribution in [0, 0.1) is 6.92 Å². The number of halogens is 1. The molecule has 1 aromatic heterocycles. The third-order valence-electron chi connectivity index (χ3n) is 3.95. The number of nitrogens with one attached hydrogen (secondary N) is 1. The van der Waals surface area contributed by atoms with E-state index in [1.165, 1.54) is 39.8 Å². The summed E-state index contributed by atoms with van der Waals surface area (Å²) in [5.41, 5.74) is 0.562. The molecule has 0 aliphatic carbocycles. The summed E-state index contributed by atoms with van der Waals surface area (Å²) >= 11 is 9.53. The molecule has 0 bridgehead atoms. The SMILES string of the molecule is Cc1nnc(SCC2=C(C(=O)O)N3C(=O)C(NC(=O)CC(=O)CCl)[C@H]3SC2)s1. The number of amides is 2. The van der Waals surface area contributed by atoms with Crippen LogP contribution in [0.4, 0.5) is 0 Å². The van der Waals surface area contributed by atoms with Crippen LogP contribution in [0.5, 0.6) is 0 Å². The lowest BCUT2D eigenvalue weighted by Gasteiger charge is -2.49. The first-order chi connectivity index (χ1) is 13.3. The van der Waals surface area contributed by atoms with Crippen molar-refractivity contribution in [3.05, 3.63) is 16.3 Å². The van der Waals surface area contributed by atoms with Crippen LogP contribution in [-0.2, 0) is 19.2 Å². The molecule has 2 amide bonds. The number of alkyl halides is 1. The molecule has 2 atom stereocenters. The normalized spacial score (nSPS) is 21.2. The summed E-state index contributed by atoms with van der Waals surface area (Å²) in [6.45, 7) is 1.83. The van der Waals surface area contributed by atoms with E-state index in [4.69, 9.17) is 11.6 Å². The van der Waals surface area contributed by atoms with Crippen molar-refractivity contribution >= 4 is 70.0 Å². The lowest BCUT2D eigenvalue weighted by atomic mass is 10.0. The van der Waals surface area contributed by atoms with Gasteiger partial charge in [-0.3, -0.25) is 19.3 Å². The van der Waals surface area contributed by atoms with Crippen molar-refractivity contribution in [1.29, 1.82) is 0 Å². The summed E-state index contributed by atoms with van der Waals surface area (Å²) in [6, 6.07) is -0.852. The molecule has 9 nitrogen and oxygen atoms in total. The zero-order valence-electron chi connectivity index (χ0n) is 14.5. The van der Waals surface area contributed by atoms with Gasteiger partial charge in [0.25, 0.3) is 5.91 Å². The Kier molecular flexibility index (Phi) is 6.63. The molecule has 0 spiro atoms. The maximum atomic E-state index is 12.5. The van der Waals surface area contributed by atoms with Gasteiger partial charge in [-0.05, 0) is 12.5 Å². The maximum absolute atomic E-state index is 12.5. The summed E-state index contributed by atoms with van der Waals surface area (Å²) in [6.07, 6.45) is -0.407. The molecule has 0 saturated carbocycles. The second-order valence-corrected chi connectivity index (χ2v) is 9.71. The number of aliphatic carboxylic acids is 1. The number of carbonyl (C=O) groups is 4. The molecule has 0 aromatic carbocycles. The van der Waals surface area contributed by atoms with E-state index in [0.717, 1.165) is 9.35 Å². The Morgan fingerprint density at radius 3 is 2.75 bits per heavy atom. The number of nitrogens with zero attached hydrogens (tertiary/aromatic N) is 3. The van der Waals surface area contributed by atoms with Gasteiger partial charge in [0.2, 0.25) is 5.91 Å². The molecule has 2 aliphatic rings. The predicted molar refractivity (Wildman–Crippen MR) is 105 cm³/mol. The first kappa shape index (κ1) is 21.1. The fourth-order valence-corrected chi connectivity index (χ4v) is 6.13. The number of ketones is 1. The third kappa shape index (κ3) is 4.34. The Labute approximate surface area is 177 Å². The molecule has 3 heterocycles. The largest absolute Gasteiger partial charge is 0.477 e. The van der Waals surface area contributed by atoms with Gasteiger partial charge in [-0.1, -0.05) is 23.1 Å². The van der Waals surface area contributed by atoms with Crippen molar-refractivity contribution in [2.75, 3.05) is 17.4 Å². The average Bonchev–Trinajstić information content (AvgIpc) is 3.08. The molecular weight excluding hydrogens is 448 g/mol. The Bertz CT molecular complexity index is 874. The first-order valence-corrected chi connectivity index (χ1v) is 11.4. The standard InChI is InChI=1S/C15H15ClN4O5S3/c1-6-18-19-15(28-6)27-5-7-4-26-13-10(17-9(22)2-8(21)3-16)12(23)20(13)11(7)14(24)25/h10,13H,2-5H2,1H3,(H,17,22)(H,24,25)/t10?,13-/m1/s1. The van der Waals surface area contributed by atoms with E-state index in [0.29, 0.717) is 17.1 Å². The molecule has 1 unspecified atom stereocenters. The number of Topliss-reactive ketones (excluding diaryl/α,β-unsaturated/α-hetero) is 1. The summed E-state index contributed by atoms with van der Waals surface area (Å²) in [4.78, 5) is 48.6. The Morgan fingerprint density at radius 2 is 2.14 bits per heavy atom. The molecule has 1 aromatic rings. The van der Waals surface area contributed by atoms with E-state index in [9.17, 15) is 24.3 Å². The maximum Gasteiger partial charge on any atom is 0.352 e. The van der Waals surface area contributed by atoms with Crippen molar-refractivity contribution in [2.45, 2.75) is 29.1 Å². The van der Waals surface area contributed by atoms with Crippen LogP contribution >= 0.6 is 46.5 Å². The molecule has 0 radical (unpaired) electrons. The average molecular weight is 463 g/mol. The van der Waals surface area contributed by atoms with Gasteiger partial charge >= 0.3 is 5.97 Å². The molecular formula is C15H15ClN4O5S3. The molecule has 150 valence electrons. The van der Waals surface area contributed by atoms with Crippen LogP contribution in [0.1, 0.15) is 11.4 Å². The van der Waals surface area contributed by atoms with Gasteiger partial charge in [0.15, 0.2) is 10.1 Å². The number of carboxylic acids is 1. The van der Waals surface area contributed by atoms with Crippen LogP contribution in [0.25, 0.3) is 0 Å². The minimum atomic E-state index is -1.19. The van der Waals surface area contributed by atoms with Crippen LogP contribution < -0.4 is 5.32 Å². The minimum Gasteiger partial charge on any atom is -0.477 e. The van der Waals surface area contributed by atoms with Crippen LogP contribution in [0.3, 0.4) is 0 Å². The summed E-state index contributed by atoms with van der Waals surface area (Å²) in [7, 11) is 0. The molecule has 2 N–H and O–H groups in total. The lowest BCUT2D eigenvalue weighted by Crippen LogP contribution is -2.70. The molecule has 1 fully saturated rings. The number of hydrogen-bond acceptors (Lipinski definition) is 9. The third-order valence-corrected chi connectivity index (χ3v) is 7.65. The molecule has 3 rings (SSSR count). The van der Waals surface area contributed by atoms with Gasteiger partial charge in [-0.25, -0.2) is 4.79 Å². The number of rotatable bonds is 8. The van der Waals surface area contributed by atoms with Crippen molar-refractivity contribution in [2.24, 2.45) is 0 Å². The van der Waals surface area contributed by atoms with E-state index < -0.39 is 41.4 Å². The smallest absolute Gasteiger partial charge is 0.352 e. The number of thioether (sulfide) groups is 2. The zero-order valence-corrected chi connectivity index (χ0v) is 17.7. The quantitative estimate of drug-likeness (QED) is 0.250. The summed E-state index contributed by atoms with van der Waals surface area (Å²) in [5, 5.41) is 20.4. The highest BCUT2D eigenvalue weighted by molar-refractivity contribution is 8.01.